The molecule has 1 atom stereocenters. The van der Waals surface area contributed by atoms with E-state index >= 15 is 0 Å². The SMILES string of the molecule is Cc1c[nH]c(=O)c(N2CC(S(N)(=O)=O)CC2=O)c1. The average Bonchev–Trinajstić information content (AvgIpc) is 2.64. The molecule has 1 aromatic heterocycles. The van der Waals surface area contributed by atoms with Gasteiger partial charge in [-0.05, 0) is 18.6 Å². The molecule has 1 aliphatic heterocycles. The molecule has 1 aliphatic rings. The van der Waals surface area contributed by atoms with Crippen molar-refractivity contribution in [2.45, 2.75) is 18.6 Å². The zero-order valence-corrected chi connectivity index (χ0v) is 10.5. The fourth-order valence-electron chi connectivity index (χ4n) is 1.90. The summed E-state index contributed by atoms with van der Waals surface area (Å²) in [6.07, 6.45) is 1.33. The van der Waals surface area contributed by atoms with Crippen molar-refractivity contribution in [3.8, 4) is 0 Å². The van der Waals surface area contributed by atoms with Crippen molar-refractivity contribution < 1.29 is 13.2 Å². The molecule has 1 saturated heterocycles. The van der Waals surface area contributed by atoms with Crippen LogP contribution in [0.15, 0.2) is 17.1 Å². The summed E-state index contributed by atoms with van der Waals surface area (Å²) >= 11 is 0. The lowest BCUT2D eigenvalue weighted by molar-refractivity contribution is -0.117. The van der Waals surface area contributed by atoms with Crippen LogP contribution in [0, 0.1) is 6.92 Å². The fraction of sp³-hybridized carbons (Fsp3) is 0.400. The molecule has 98 valence electrons. The zero-order chi connectivity index (χ0) is 13.5. The minimum absolute atomic E-state index is 0.0792. The zero-order valence-electron chi connectivity index (χ0n) is 9.71. The van der Waals surface area contributed by atoms with Gasteiger partial charge in [0.15, 0.2) is 0 Å². The fourth-order valence-corrected chi connectivity index (χ4v) is 2.64. The van der Waals surface area contributed by atoms with Crippen molar-refractivity contribution in [2.24, 2.45) is 5.14 Å². The highest BCUT2D eigenvalue weighted by atomic mass is 32.2. The molecule has 0 spiro atoms. The summed E-state index contributed by atoms with van der Waals surface area (Å²) in [6, 6.07) is 1.54. The van der Waals surface area contributed by atoms with Crippen LogP contribution in [0.2, 0.25) is 0 Å². The molecule has 2 rings (SSSR count). The van der Waals surface area contributed by atoms with Gasteiger partial charge in [0.1, 0.15) is 10.9 Å². The smallest absolute Gasteiger partial charge is 0.271 e. The Morgan fingerprint density at radius 1 is 1.44 bits per heavy atom. The van der Waals surface area contributed by atoms with Crippen LogP contribution in [0.25, 0.3) is 0 Å². The summed E-state index contributed by atoms with van der Waals surface area (Å²) < 4.78 is 22.4. The van der Waals surface area contributed by atoms with Gasteiger partial charge in [0, 0.05) is 19.2 Å². The van der Waals surface area contributed by atoms with Crippen LogP contribution < -0.4 is 15.6 Å². The molecule has 0 bridgehead atoms. The Bertz CT molecular complexity index is 649. The van der Waals surface area contributed by atoms with Crippen molar-refractivity contribution in [3.05, 3.63) is 28.2 Å². The van der Waals surface area contributed by atoms with Gasteiger partial charge in [-0.3, -0.25) is 9.59 Å². The number of H-pyrrole nitrogens is 1. The Morgan fingerprint density at radius 3 is 2.67 bits per heavy atom. The second kappa shape index (κ2) is 4.21. The molecule has 1 fully saturated rings. The molecule has 0 radical (unpaired) electrons. The Hall–Kier alpha value is -1.67. The molecular formula is C10H13N3O4S. The third-order valence-corrected chi connectivity index (χ3v) is 4.12. The van der Waals surface area contributed by atoms with Gasteiger partial charge in [0.2, 0.25) is 15.9 Å². The second-order valence-electron chi connectivity index (χ2n) is 4.31. The molecular weight excluding hydrogens is 258 g/mol. The molecule has 7 nitrogen and oxygen atoms in total. The maximum Gasteiger partial charge on any atom is 0.271 e. The standard InChI is InChI=1S/C10H13N3O4S/c1-6-2-8(10(15)12-4-6)13-5-7(3-9(13)14)18(11,16)17/h2,4,7H,3,5H2,1H3,(H,12,15)(H2,11,16,17). The van der Waals surface area contributed by atoms with Crippen molar-refractivity contribution in [3.63, 3.8) is 0 Å². The van der Waals surface area contributed by atoms with Gasteiger partial charge in [0.25, 0.3) is 5.56 Å². The quantitative estimate of drug-likeness (QED) is 0.723. The average molecular weight is 271 g/mol. The summed E-state index contributed by atoms with van der Waals surface area (Å²) in [5, 5.41) is 4.06. The third kappa shape index (κ3) is 2.29. The first kappa shape index (κ1) is 12.8. The topological polar surface area (TPSA) is 113 Å². The molecule has 18 heavy (non-hydrogen) atoms. The van der Waals surface area contributed by atoms with E-state index in [4.69, 9.17) is 5.14 Å². The van der Waals surface area contributed by atoms with Gasteiger partial charge in [-0.1, -0.05) is 0 Å². The summed E-state index contributed by atoms with van der Waals surface area (Å²) in [5.74, 6) is -0.412. The number of nitrogens with one attached hydrogen (secondary N) is 1. The molecule has 0 aliphatic carbocycles. The number of nitrogens with zero attached hydrogens (tertiary/aromatic N) is 1. The summed E-state index contributed by atoms with van der Waals surface area (Å²) in [5.41, 5.74) is 0.506. The minimum atomic E-state index is -3.77. The Morgan fingerprint density at radius 2 is 2.11 bits per heavy atom. The highest BCUT2D eigenvalue weighted by Gasteiger charge is 2.38. The van der Waals surface area contributed by atoms with E-state index in [0.717, 1.165) is 5.56 Å². The van der Waals surface area contributed by atoms with E-state index in [1.807, 2.05) is 0 Å². The predicted octanol–water partition coefficient (Wildman–Crippen LogP) is -0.923. The number of hydrogen-bond acceptors (Lipinski definition) is 4. The first-order valence-corrected chi connectivity index (χ1v) is 6.91. The lowest BCUT2D eigenvalue weighted by Crippen LogP contribution is -2.34. The monoisotopic (exact) mass is 271 g/mol. The van der Waals surface area contributed by atoms with E-state index < -0.39 is 26.7 Å². The second-order valence-corrected chi connectivity index (χ2v) is 6.16. The van der Waals surface area contributed by atoms with Crippen LogP contribution >= 0.6 is 0 Å². The highest BCUT2D eigenvalue weighted by Crippen LogP contribution is 2.21. The highest BCUT2D eigenvalue weighted by molar-refractivity contribution is 7.89. The van der Waals surface area contributed by atoms with Crippen LogP contribution in [0.1, 0.15) is 12.0 Å². The van der Waals surface area contributed by atoms with Crippen LogP contribution in [-0.2, 0) is 14.8 Å². The summed E-state index contributed by atoms with van der Waals surface area (Å²) in [4.78, 5) is 27.0. The van der Waals surface area contributed by atoms with Crippen LogP contribution in [0.4, 0.5) is 5.69 Å². The van der Waals surface area contributed by atoms with E-state index in [1.165, 1.54) is 11.1 Å². The first-order chi connectivity index (χ1) is 8.29. The van der Waals surface area contributed by atoms with E-state index in [2.05, 4.69) is 4.98 Å². The molecule has 0 saturated carbocycles. The van der Waals surface area contributed by atoms with Crippen LogP contribution in [0.5, 0.6) is 0 Å². The van der Waals surface area contributed by atoms with Gasteiger partial charge >= 0.3 is 0 Å². The van der Waals surface area contributed by atoms with Crippen molar-refractivity contribution in [2.75, 3.05) is 11.4 Å². The van der Waals surface area contributed by atoms with Crippen molar-refractivity contribution in [1.29, 1.82) is 0 Å². The molecule has 0 aromatic carbocycles. The van der Waals surface area contributed by atoms with Crippen LogP contribution in [-0.4, -0.2) is 31.1 Å². The normalized spacial score (nSPS) is 20.4. The Kier molecular flexibility index (Phi) is 2.99. The van der Waals surface area contributed by atoms with E-state index in [9.17, 15) is 18.0 Å². The summed E-state index contributed by atoms with van der Waals surface area (Å²) in [6.45, 7) is 1.68. The number of carbonyl (C=O) groups excluding carboxylic acids is 1. The Labute approximate surface area is 104 Å². The maximum absolute atomic E-state index is 11.7. The minimum Gasteiger partial charge on any atom is -0.327 e. The number of pyridine rings is 1. The number of anilines is 1. The van der Waals surface area contributed by atoms with Gasteiger partial charge in [-0.15, -0.1) is 0 Å². The van der Waals surface area contributed by atoms with Crippen LogP contribution in [0.3, 0.4) is 0 Å². The Balaban J connectivity index is 2.39. The van der Waals surface area contributed by atoms with E-state index in [1.54, 1.807) is 13.0 Å². The molecule has 1 unspecified atom stereocenters. The molecule has 3 N–H and O–H groups in total. The largest absolute Gasteiger partial charge is 0.327 e. The third-order valence-electron chi connectivity index (χ3n) is 2.87. The maximum atomic E-state index is 11.7. The number of hydrogen-bond donors (Lipinski definition) is 2. The number of amides is 1. The molecule has 1 amide bonds. The van der Waals surface area contributed by atoms with Gasteiger partial charge in [0.05, 0.1) is 0 Å². The molecule has 8 heteroatoms. The lowest BCUT2D eigenvalue weighted by atomic mass is 10.3. The number of nitrogens with two attached hydrogens (primary N) is 1. The number of carbonyl (C=O) groups is 1. The summed E-state index contributed by atoms with van der Waals surface area (Å²) in [7, 11) is -3.77. The predicted molar refractivity (Wildman–Crippen MR) is 65.7 cm³/mol. The number of aryl methyl sites for hydroxylation is 1. The number of primary sulfonamides is 1. The molecule has 2 heterocycles. The number of rotatable bonds is 2. The number of aromatic nitrogens is 1. The van der Waals surface area contributed by atoms with Gasteiger partial charge in [-0.25, -0.2) is 13.6 Å². The van der Waals surface area contributed by atoms with Crippen molar-refractivity contribution >= 4 is 21.6 Å². The molecule has 1 aromatic rings. The first-order valence-electron chi connectivity index (χ1n) is 5.30. The lowest BCUT2D eigenvalue weighted by Gasteiger charge is -2.15. The van der Waals surface area contributed by atoms with E-state index in [-0.39, 0.29) is 18.7 Å². The number of aromatic amines is 1. The number of sulfonamides is 1. The van der Waals surface area contributed by atoms with Crippen molar-refractivity contribution in [1.82, 2.24) is 4.98 Å². The van der Waals surface area contributed by atoms with Gasteiger partial charge in [-0.2, -0.15) is 0 Å². The van der Waals surface area contributed by atoms with E-state index in [0.29, 0.717) is 0 Å². The van der Waals surface area contributed by atoms with Gasteiger partial charge < -0.3 is 9.88 Å².